The number of benzene rings is 1. The third kappa shape index (κ3) is 8.05. The van der Waals surface area contributed by atoms with E-state index in [1.54, 1.807) is 4.90 Å². The number of rotatable bonds is 7. The second-order valence-electron chi connectivity index (χ2n) is 8.90. The van der Waals surface area contributed by atoms with Gasteiger partial charge in [-0.3, -0.25) is 4.79 Å². The summed E-state index contributed by atoms with van der Waals surface area (Å²) in [6, 6.07) is 7.52. The van der Waals surface area contributed by atoms with Crippen LogP contribution in [0, 0.1) is 5.92 Å². The van der Waals surface area contributed by atoms with E-state index in [4.69, 9.17) is 9.47 Å². The molecule has 0 spiro atoms. The van der Waals surface area contributed by atoms with E-state index < -0.39 is 5.60 Å². The van der Waals surface area contributed by atoms with Crippen LogP contribution in [-0.2, 0) is 20.8 Å². The van der Waals surface area contributed by atoms with E-state index in [1.165, 1.54) is 6.42 Å². The van der Waals surface area contributed by atoms with Crippen molar-refractivity contribution in [1.82, 2.24) is 4.90 Å². The molecule has 1 aliphatic carbocycles. The molecule has 0 heterocycles. The molecule has 1 N–H and O–H groups in total. The average Bonchev–Trinajstić information content (AvgIpc) is 2.64. The van der Waals surface area contributed by atoms with Crippen LogP contribution in [0.15, 0.2) is 24.3 Å². The molecule has 0 bridgehead atoms. The molecule has 0 aliphatic heterocycles. The quantitative estimate of drug-likeness (QED) is 0.696. The summed E-state index contributed by atoms with van der Waals surface area (Å²) in [5, 5.41) is 2.94. The fourth-order valence-electron chi connectivity index (χ4n) is 3.53. The number of amides is 2. The third-order valence-electron chi connectivity index (χ3n) is 5.02. The number of nitrogens with zero attached hydrogens (tertiary/aromatic N) is 1. The molecule has 1 fully saturated rings. The molecular formula is C23H36N2O4. The molecule has 1 aliphatic rings. The Morgan fingerprint density at radius 2 is 1.93 bits per heavy atom. The van der Waals surface area contributed by atoms with Crippen molar-refractivity contribution in [2.24, 2.45) is 5.92 Å². The predicted octanol–water partition coefficient (Wildman–Crippen LogP) is 4.98. The molecule has 6 heteroatoms. The molecule has 6 nitrogen and oxygen atoms in total. The maximum absolute atomic E-state index is 12.4. The molecule has 1 aromatic rings. The van der Waals surface area contributed by atoms with Crippen molar-refractivity contribution in [3.8, 4) is 0 Å². The van der Waals surface area contributed by atoms with E-state index in [-0.39, 0.29) is 24.7 Å². The van der Waals surface area contributed by atoms with Gasteiger partial charge >= 0.3 is 6.09 Å². The van der Waals surface area contributed by atoms with Gasteiger partial charge in [-0.1, -0.05) is 38.0 Å². The number of para-hydroxylation sites is 1. The van der Waals surface area contributed by atoms with Crippen molar-refractivity contribution in [1.29, 1.82) is 0 Å². The molecule has 29 heavy (non-hydrogen) atoms. The van der Waals surface area contributed by atoms with Crippen LogP contribution in [0.1, 0.15) is 65.9 Å². The number of nitrogens with one attached hydrogen (secondary N) is 1. The Labute approximate surface area is 174 Å². The lowest BCUT2D eigenvalue weighted by Gasteiger charge is -2.27. The van der Waals surface area contributed by atoms with Gasteiger partial charge in [-0.25, -0.2) is 4.79 Å². The Balaban J connectivity index is 1.94. The number of ether oxygens (including phenoxy) is 2. The van der Waals surface area contributed by atoms with Gasteiger partial charge in [-0.05, 0) is 58.1 Å². The summed E-state index contributed by atoms with van der Waals surface area (Å²) in [5.74, 6) is 0.487. The monoisotopic (exact) mass is 404 g/mol. The molecular weight excluding hydrogens is 368 g/mol. The van der Waals surface area contributed by atoms with E-state index >= 15 is 0 Å². The highest BCUT2D eigenvalue weighted by Gasteiger charge is 2.23. The lowest BCUT2D eigenvalue weighted by molar-refractivity contribution is -0.123. The fraction of sp³-hybridized carbons (Fsp3) is 0.652. The predicted molar refractivity (Wildman–Crippen MR) is 115 cm³/mol. The van der Waals surface area contributed by atoms with E-state index in [1.807, 2.05) is 52.0 Å². The van der Waals surface area contributed by atoms with Crippen LogP contribution in [0.5, 0.6) is 0 Å². The molecule has 0 aromatic heterocycles. The standard InChI is InChI=1S/C23H36N2O4/c1-6-25(22(27)29-23(3,4)5)15-18-11-7-8-13-20(18)24-21(26)16-28-19-12-9-10-17(2)14-19/h7-8,11,13,17,19H,6,9-10,12,14-16H2,1-5H3,(H,24,26). The molecule has 2 unspecified atom stereocenters. The number of carbonyl (C=O) groups excluding carboxylic acids is 2. The normalized spacial score (nSPS) is 19.5. The molecule has 2 rings (SSSR count). The summed E-state index contributed by atoms with van der Waals surface area (Å²) >= 11 is 0. The van der Waals surface area contributed by atoms with Crippen molar-refractivity contribution >= 4 is 17.7 Å². The summed E-state index contributed by atoms with van der Waals surface area (Å²) in [4.78, 5) is 26.5. The van der Waals surface area contributed by atoms with E-state index in [9.17, 15) is 9.59 Å². The second-order valence-corrected chi connectivity index (χ2v) is 8.90. The zero-order valence-corrected chi connectivity index (χ0v) is 18.5. The third-order valence-corrected chi connectivity index (χ3v) is 5.02. The van der Waals surface area contributed by atoms with Crippen LogP contribution >= 0.6 is 0 Å². The van der Waals surface area contributed by atoms with Crippen molar-refractivity contribution in [3.63, 3.8) is 0 Å². The summed E-state index contributed by atoms with van der Waals surface area (Å²) in [5.41, 5.74) is 1.01. The summed E-state index contributed by atoms with van der Waals surface area (Å²) in [6.45, 7) is 10.6. The highest BCUT2D eigenvalue weighted by atomic mass is 16.6. The first kappa shape index (κ1) is 23.2. The van der Waals surface area contributed by atoms with Gasteiger partial charge in [0.2, 0.25) is 5.91 Å². The Kier molecular flexibility index (Phi) is 8.50. The first-order chi connectivity index (χ1) is 13.7. The lowest BCUT2D eigenvalue weighted by Crippen LogP contribution is -2.36. The number of hydrogen-bond donors (Lipinski definition) is 1. The minimum Gasteiger partial charge on any atom is -0.444 e. The van der Waals surface area contributed by atoms with E-state index in [2.05, 4.69) is 12.2 Å². The molecule has 1 saturated carbocycles. The molecule has 2 amide bonds. The van der Waals surface area contributed by atoms with Gasteiger partial charge in [0, 0.05) is 12.2 Å². The van der Waals surface area contributed by atoms with Crippen LogP contribution in [0.2, 0.25) is 0 Å². The first-order valence-corrected chi connectivity index (χ1v) is 10.6. The Morgan fingerprint density at radius 1 is 1.21 bits per heavy atom. The maximum atomic E-state index is 12.4. The number of carbonyl (C=O) groups is 2. The largest absolute Gasteiger partial charge is 0.444 e. The molecule has 0 saturated heterocycles. The van der Waals surface area contributed by atoms with E-state index in [0.717, 1.165) is 24.8 Å². The van der Waals surface area contributed by atoms with Gasteiger partial charge in [0.1, 0.15) is 12.2 Å². The van der Waals surface area contributed by atoms with Gasteiger partial charge < -0.3 is 19.7 Å². The SMILES string of the molecule is CCN(Cc1ccccc1NC(=O)COC1CCCC(C)C1)C(=O)OC(C)(C)C. The molecule has 2 atom stereocenters. The molecule has 1 aromatic carbocycles. The highest BCUT2D eigenvalue weighted by Crippen LogP contribution is 2.25. The Bertz CT molecular complexity index is 684. The number of anilines is 1. The van der Waals surface area contributed by atoms with E-state index in [0.29, 0.717) is 24.7 Å². The number of hydrogen-bond acceptors (Lipinski definition) is 4. The zero-order chi connectivity index (χ0) is 21.4. The van der Waals surface area contributed by atoms with Gasteiger partial charge in [0.25, 0.3) is 0 Å². The smallest absolute Gasteiger partial charge is 0.410 e. The van der Waals surface area contributed by atoms with Crippen LogP contribution in [0.25, 0.3) is 0 Å². The van der Waals surface area contributed by atoms with Gasteiger partial charge in [0.05, 0.1) is 12.6 Å². The van der Waals surface area contributed by atoms with Gasteiger partial charge in [-0.2, -0.15) is 0 Å². The van der Waals surface area contributed by atoms with Crippen LogP contribution in [0.4, 0.5) is 10.5 Å². The van der Waals surface area contributed by atoms with Crippen LogP contribution in [-0.4, -0.2) is 41.8 Å². The average molecular weight is 405 g/mol. The lowest BCUT2D eigenvalue weighted by atomic mass is 9.89. The van der Waals surface area contributed by atoms with Crippen molar-refractivity contribution < 1.29 is 19.1 Å². The Morgan fingerprint density at radius 3 is 2.59 bits per heavy atom. The summed E-state index contributed by atoms with van der Waals surface area (Å²) < 4.78 is 11.3. The molecule has 0 radical (unpaired) electrons. The van der Waals surface area contributed by atoms with Crippen molar-refractivity contribution in [2.75, 3.05) is 18.5 Å². The second kappa shape index (κ2) is 10.6. The first-order valence-electron chi connectivity index (χ1n) is 10.6. The van der Waals surface area contributed by atoms with Crippen molar-refractivity contribution in [2.45, 2.75) is 78.6 Å². The van der Waals surface area contributed by atoms with Crippen LogP contribution < -0.4 is 5.32 Å². The van der Waals surface area contributed by atoms with Crippen molar-refractivity contribution in [3.05, 3.63) is 29.8 Å². The minimum absolute atomic E-state index is 0.0509. The topological polar surface area (TPSA) is 67.9 Å². The van der Waals surface area contributed by atoms with Gasteiger partial charge in [0.15, 0.2) is 0 Å². The highest BCUT2D eigenvalue weighted by molar-refractivity contribution is 5.92. The summed E-state index contributed by atoms with van der Waals surface area (Å²) in [6.07, 6.45) is 4.25. The summed E-state index contributed by atoms with van der Waals surface area (Å²) in [7, 11) is 0. The van der Waals surface area contributed by atoms with Crippen LogP contribution in [0.3, 0.4) is 0 Å². The fourth-order valence-corrected chi connectivity index (χ4v) is 3.53. The minimum atomic E-state index is -0.549. The zero-order valence-electron chi connectivity index (χ0n) is 18.5. The maximum Gasteiger partial charge on any atom is 0.410 e. The van der Waals surface area contributed by atoms with Gasteiger partial charge in [-0.15, -0.1) is 0 Å². The Hall–Kier alpha value is -2.08. The molecule has 162 valence electrons.